The molecule has 19 heavy (non-hydrogen) atoms. The molecule has 0 aliphatic heterocycles. The maximum Gasteiger partial charge on any atom is 0.212 e. The van der Waals surface area contributed by atoms with Crippen LogP contribution in [0.5, 0.6) is 0 Å². The summed E-state index contributed by atoms with van der Waals surface area (Å²) in [5, 5.41) is 1.86. The fourth-order valence-electron chi connectivity index (χ4n) is 1.41. The van der Waals surface area contributed by atoms with Crippen molar-refractivity contribution in [1.82, 2.24) is 4.72 Å². The van der Waals surface area contributed by atoms with Crippen LogP contribution in [0.2, 0.25) is 0 Å². The molecule has 0 amide bonds. The fraction of sp³-hybridized carbons (Fsp3) is 0.250. The minimum absolute atomic E-state index is 0.00963. The van der Waals surface area contributed by atoms with E-state index in [4.69, 9.17) is 0 Å². The molecule has 0 aromatic carbocycles. The van der Waals surface area contributed by atoms with Crippen LogP contribution in [-0.4, -0.2) is 20.0 Å². The molecule has 0 unspecified atom stereocenters. The molecule has 102 valence electrons. The lowest BCUT2D eigenvalue weighted by atomic mass is 10.3. The SMILES string of the molecule is CCS(=O)(=O)NCc1ccc(C(=O)c2cccs2)s1. The lowest BCUT2D eigenvalue weighted by molar-refractivity contribution is 0.104. The van der Waals surface area contributed by atoms with E-state index >= 15 is 0 Å². The predicted octanol–water partition coefficient (Wildman–Crippen LogP) is 2.48. The lowest BCUT2D eigenvalue weighted by Gasteiger charge is -2.01. The number of thiophene rings is 2. The normalized spacial score (nSPS) is 11.6. The van der Waals surface area contributed by atoms with E-state index in [0.717, 1.165) is 4.88 Å². The van der Waals surface area contributed by atoms with Gasteiger partial charge < -0.3 is 0 Å². The van der Waals surface area contributed by atoms with Gasteiger partial charge in [-0.05, 0) is 30.5 Å². The van der Waals surface area contributed by atoms with E-state index in [-0.39, 0.29) is 18.1 Å². The maximum absolute atomic E-state index is 12.1. The third kappa shape index (κ3) is 3.73. The third-order valence-electron chi connectivity index (χ3n) is 2.48. The first-order chi connectivity index (χ1) is 9.02. The lowest BCUT2D eigenvalue weighted by Crippen LogP contribution is -2.24. The second-order valence-corrected chi connectivity index (χ2v) is 8.01. The van der Waals surface area contributed by atoms with Crippen LogP contribution in [-0.2, 0) is 16.6 Å². The van der Waals surface area contributed by atoms with Gasteiger partial charge in [0.25, 0.3) is 0 Å². The van der Waals surface area contributed by atoms with E-state index in [1.54, 1.807) is 25.1 Å². The molecular weight excluding hydrogens is 302 g/mol. The molecule has 2 aromatic heterocycles. The molecule has 4 nitrogen and oxygen atoms in total. The van der Waals surface area contributed by atoms with Gasteiger partial charge in [0.05, 0.1) is 15.5 Å². The van der Waals surface area contributed by atoms with E-state index in [1.807, 2.05) is 11.4 Å². The Kier molecular flexibility index (Phi) is 4.51. The molecule has 0 bridgehead atoms. The van der Waals surface area contributed by atoms with Gasteiger partial charge in [0.15, 0.2) is 0 Å². The van der Waals surface area contributed by atoms with Crippen LogP contribution in [0.1, 0.15) is 26.3 Å². The second-order valence-electron chi connectivity index (χ2n) is 3.80. The van der Waals surface area contributed by atoms with Gasteiger partial charge in [-0.2, -0.15) is 0 Å². The molecule has 1 N–H and O–H groups in total. The Morgan fingerprint density at radius 2 is 2.05 bits per heavy atom. The zero-order valence-electron chi connectivity index (χ0n) is 10.3. The summed E-state index contributed by atoms with van der Waals surface area (Å²) in [6.07, 6.45) is 0. The van der Waals surface area contributed by atoms with Gasteiger partial charge in [0.2, 0.25) is 15.8 Å². The highest BCUT2D eigenvalue weighted by Gasteiger charge is 2.13. The van der Waals surface area contributed by atoms with Crippen LogP contribution >= 0.6 is 22.7 Å². The molecular formula is C12H13NO3S3. The highest BCUT2D eigenvalue weighted by Crippen LogP contribution is 2.22. The summed E-state index contributed by atoms with van der Waals surface area (Å²) in [6.45, 7) is 1.82. The van der Waals surface area contributed by atoms with E-state index in [1.165, 1.54) is 22.7 Å². The Morgan fingerprint density at radius 3 is 2.68 bits per heavy atom. The highest BCUT2D eigenvalue weighted by molar-refractivity contribution is 7.89. The monoisotopic (exact) mass is 315 g/mol. The zero-order chi connectivity index (χ0) is 13.9. The van der Waals surface area contributed by atoms with Crippen molar-refractivity contribution >= 4 is 38.5 Å². The summed E-state index contributed by atoms with van der Waals surface area (Å²) in [7, 11) is -3.20. The van der Waals surface area contributed by atoms with Gasteiger partial charge in [-0.25, -0.2) is 13.1 Å². The van der Waals surface area contributed by atoms with Crippen molar-refractivity contribution in [2.75, 3.05) is 5.75 Å². The number of ketones is 1. The minimum atomic E-state index is -3.20. The zero-order valence-corrected chi connectivity index (χ0v) is 12.7. The molecule has 0 aliphatic carbocycles. The van der Waals surface area contributed by atoms with E-state index in [0.29, 0.717) is 9.75 Å². The average molecular weight is 315 g/mol. The molecule has 0 aliphatic rings. The molecule has 0 radical (unpaired) electrons. The van der Waals surface area contributed by atoms with Crippen molar-refractivity contribution in [3.05, 3.63) is 44.3 Å². The van der Waals surface area contributed by atoms with Gasteiger partial charge in [0.1, 0.15) is 0 Å². The number of carbonyl (C=O) groups is 1. The van der Waals surface area contributed by atoms with Crippen molar-refractivity contribution in [3.63, 3.8) is 0 Å². The number of nitrogens with one attached hydrogen (secondary N) is 1. The summed E-state index contributed by atoms with van der Waals surface area (Å²) in [4.78, 5) is 14.2. The van der Waals surface area contributed by atoms with Crippen LogP contribution in [0.3, 0.4) is 0 Å². The summed E-state index contributed by atoms with van der Waals surface area (Å²) in [5.74, 6) is 0.0453. The number of rotatable bonds is 6. The third-order valence-corrected chi connectivity index (χ3v) is 5.77. The van der Waals surface area contributed by atoms with Crippen molar-refractivity contribution in [2.24, 2.45) is 0 Å². The number of hydrogen-bond acceptors (Lipinski definition) is 5. The first-order valence-corrected chi connectivity index (χ1v) is 9.01. The predicted molar refractivity (Wildman–Crippen MR) is 78.4 cm³/mol. The van der Waals surface area contributed by atoms with E-state index in [9.17, 15) is 13.2 Å². The summed E-state index contributed by atoms with van der Waals surface area (Å²) in [6, 6.07) is 7.14. The molecule has 7 heteroatoms. The average Bonchev–Trinajstić information content (AvgIpc) is 3.07. The van der Waals surface area contributed by atoms with Crippen molar-refractivity contribution in [2.45, 2.75) is 13.5 Å². The fourth-order valence-corrected chi connectivity index (χ4v) is 3.72. The first-order valence-electron chi connectivity index (χ1n) is 5.66. The quantitative estimate of drug-likeness (QED) is 0.833. The first kappa shape index (κ1) is 14.4. The highest BCUT2D eigenvalue weighted by atomic mass is 32.2. The number of hydrogen-bond donors (Lipinski definition) is 1. The van der Waals surface area contributed by atoms with Crippen molar-refractivity contribution in [1.29, 1.82) is 0 Å². The van der Waals surface area contributed by atoms with Gasteiger partial charge >= 0.3 is 0 Å². The molecule has 2 rings (SSSR count). The molecule has 0 atom stereocenters. The standard InChI is InChI=1S/C12H13NO3S3/c1-2-19(15,16)13-8-9-5-6-11(18-9)12(14)10-4-3-7-17-10/h3-7,13H,2,8H2,1H3. The number of sulfonamides is 1. The van der Waals surface area contributed by atoms with Gasteiger partial charge in [-0.15, -0.1) is 22.7 Å². The van der Waals surface area contributed by atoms with Crippen LogP contribution in [0.4, 0.5) is 0 Å². The topological polar surface area (TPSA) is 63.2 Å². The van der Waals surface area contributed by atoms with Crippen LogP contribution in [0, 0.1) is 0 Å². The Labute approximate surface area is 120 Å². The summed E-state index contributed by atoms with van der Waals surface area (Å²) >= 11 is 2.72. The Bertz CT molecular complexity index is 656. The summed E-state index contributed by atoms with van der Waals surface area (Å²) < 4.78 is 25.1. The Hall–Kier alpha value is -1.02. The van der Waals surface area contributed by atoms with Crippen LogP contribution in [0.15, 0.2) is 29.6 Å². The second kappa shape index (κ2) is 5.96. The minimum Gasteiger partial charge on any atom is -0.287 e. The maximum atomic E-state index is 12.1. The largest absolute Gasteiger partial charge is 0.287 e. The summed E-state index contributed by atoms with van der Waals surface area (Å²) in [5.41, 5.74) is 0. The molecule has 0 fully saturated rings. The molecule has 2 aromatic rings. The van der Waals surface area contributed by atoms with Crippen LogP contribution in [0.25, 0.3) is 0 Å². The van der Waals surface area contributed by atoms with E-state index in [2.05, 4.69) is 4.72 Å². The molecule has 2 heterocycles. The van der Waals surface area contributed by atoms with Crippen molar-refractivity contribution in [3.8, 4) is 0 Å². The molecule has 0 saturated heterocycles. The van der Waals surface area contributed by atoms with E-state index < -0.39 is 10.0 Å². The van der Waals surface area contributed by atoms with Crippen molar-refractivity contribution < 1.29 is 13.2 Å². The number of carbonyl (C=O) groups excluding carboxylic acids is 1. The Balaban J connectivity index is 2.06. The van der Waals surface area contributed by atoms with Gasteiger partial charge in [-0.1, -0.05) is 6.07 Å². The van der Waals surface area contributed by atoms with Crippen LogP contribution < -0.4 is 4.72 Å². The molecule has 0 saturated carbocycles. The van der Waals surface area contributed by atoms with Gasteiger partial charge in [0, 0.05) is 11.4 Å². The Morgan fingerprint density at radius 1 is 1.26 bits per heavy atom. The smallest absolute Gasteiger partial charge is 0.212 e. The molecule has 0 spiro atoms. The van der Waals surface area contributed by atoms with Gasteiger partial charge in [-0.3, -0.25) is 4.79 Å².